The van der Waals surface area contributed by atoms with Crippen molar-refractivity contribution in [1.82, 2.24) is 4.90 Å². The second kappa shape index (κ2) is 7.14. The Bertz CT molecular complexity index is 390. The van der Waals surface area contributed by atoms with Crippen molar-refractivity contribution in [2.24, 2.45) is 5.73 Å². The second-order valence-electron chi connectivity index (χ2n) is 4.92. The van der Waals surface area contributed by atoms with Crippen molar-refractivity contribution >= 4 is 5.91 Å². The van der Waals surface area contributed by atoms with E-state index in [1.165, 1.54) is 6.42 Å². The van der Waals surface area contributed by atoms with E-state index in [2.05, 4.69) is 0 Å². The van der Waals surface area contributed by atoms with Crippen molar-refractivity contribution in [2.75, 3.05) is 19.7 Å². The lowest BCUT2D eigenvalue weighted by molar-refractivity contribution is -0.137. The van der Waals surface area contributed by atoms with Crippen molar-refractivity contribution < 1.29 is 9.53 Å². The fourth-order valence-corrected chi connectivity index (χ4v) is 2.22. The van der Waals surface area contributed by atoms with Gasteiger partial charge in [0.05, 0.1) is 0 Å². The molecule has 1 amide bonds. The maximum absolute atomic E-state index is 12.2. The molecule has 104 valence electrons. The van der Waals surface area contributed by atoms with Crippen LogP contribution in [0.5, 0.6) is 5.75 Å². The number of carbonyl (C=O) groups is 1. The first-order valence-electron chi connectivity index (χ1n) is 6.98. The molecule has 1 aromatic rings. The van der Waals surface area contributed by atoms with Crippen LogP contribution in [0.2, 0.25) is 0 Å². The third-order valence-electron chi connectivity index (χ3n) is 3.54. The van der Waals surface area contributed by atoms with E-state index in [-0.39, 0.29) is 12.5 Å². The van der Waals surface area contributed by atoms with E-state index >= 15 is 0 Å². The van der Waals surface area contributed by atoms with Crippen LogP contribution in [0.25, 0.3) is 0 Å². The van der Waals surface area contributed by atoms with E-state index in [9.17, 15) is 4.79 Å². The highest BCUT2D eigenvalue weighted by Gasteiger charge is 2.28. The molecule has 1 aliphatic carbocycles. The Labute approximate surface area is 114 Å². The zero-order chi connectivity index (χ0) is 13.5. The molecule has 0 bridgehead atoms. The summed E-state index contributed by atoms with van der Waals surface area (Å²) in [5, 5.41) is 0. The molecule has 1 fully saturated rings. The van der Waals surface area contributed by atoms with Gasteiger partial charge in [0, 0.05) is 12.6 Å². The zero-order valence-electron chi connectivity index (χ0n) is 11.3. The first kappa shape index (κ1) is 13.9. The molecule has 0 spiro atoms. The number of benzene rings is 1. The van der Waals surface area contributed by atoms with Crippen molar-refractivity contribution in [3.63, 3.8) is 0 Å². The van der Waals surface area contributed by atoms with Crippen LogP contribution in [0.15, 0.2) is 30.3 Å². The molecule has 0 radical (unpaired) electrons. The van der Waals surface area contributed by atoms with Gasteiger partial charge in [-0.05, 0) is 44.4 Å². The second-order valence-corrected chi connectivity index (χ2v) is 4.92. The SMILES string of the molecule is NCCCN(C(=O)COc1ccccc1)C1CCC1. The normalized spacial score (nSPS) is 14.8. The summed E-state index contributed by atoms with van der Waals surface area (Å²) in [6.07, 6.45) is 4.30. The van der Waals surface area contributed by atoms with Crippen molar-refractivity contribution in [3.05, 3.63) is 30.3 Å². The summed E-state index contributed by atoms with van der Waals surface area (Å²) in [4.78, 5) is 14.2. The van der Waals surface area contributed by atoms with Crippen LogP contribution in [0.3, 0.4) is 0 Å². The van der Waals surface area contributed by atoms with Gasteiger partial charge in [-0.1, -0.05) is 18.2 Å². The molecule has 2 rings (SSSR count). The molecule has 0 saturated heterocycles. The number of ether oxygens (including phenoxy) is 1. The molecule has 1 aliphatic rings. The maximum Gasteiger partial charge on any atom is 0.260 e. The molecule has 0 atom stereocenters. The highest BCUT2D eigenvalue weighted by Crippen LogP contribution is 2.25. The third kappa shape index (κ3) is 3.96. The third-order valence-corrected chi connectivity index (χ3v) is 3.54. The summed E-state index contributed by atoms with van der Waals surface area (Å²) in [7, 11) is 0. The van der Waals surface area contributed by atoms with Gasteiger partial charge in [0.2, 0.25) is 0 Å². The molecule has 0 aliphatic heterocycles. The van der Waals surface area contributed by atoms with Gasteiger partial charge in [0.15, 0.2) is 6.61 Å². The summed E-state index contributed by atoms with van der Waals surface area (Å²) in [5.74, 6) is 0.810. The molecule has 0 heterocycles. The van der Waals surface area contributed by atoms with Gasteiger partial charge in [-0.25, -0.2) is 0 Å². The summed E-state index contributed by atoms with van der Waals surface area (Å²) >= 11 is 0. The molecule has 1 saturated carbocycles. The van der Waals surface area contributed by atoms with E-state index in [1.54, 1.807) is 0 Å². The minimum atomic E-state index is 0.0713. The minimum absolute atomic E-state index is 0.0713. The highest BCUT2D eigenvalue weighted by molar-refractivity contribution is 5.78. The Morgan fingerprint density at radius 2 is 2.05 bits per heavy atom. The van der Waals surface area contributed by atoms with E-state index in [0.29, 0.717) is 12.6 Å². The number of nitrogens with zero attached hydrogens (tertiary/aromatic N) is 1. The van der Waals surface area contributed by atoms with Crippen LogP contribution in [-0.4, -0.2) is 36.5 Å². The van der Waals surface area contributed by atoms with Gasteiger partial charge >= 0.3 is 0 Å². The number of nitrogens with two attached hydrogens (primary N) is 1. The average Bonchev–Trinajstić information content (AvgIpc) is 2.39. The smallest absolute Gasteiger partial charge is 0.260 e. The quantitative estimate of drug-likeness (QED) is 0.815. The van der Waals surface area contributed by atoms with Gasteiger partial charge in [-0.15, -0.1) is 0 Å². The molecule has 4 nitrogen and oxygen atoms in total. The molecular weight excluding hydrogens is 240 g/mol. The van der Waals surface area contributed by atoms with Crippen LogP contribution in [0.4, 0.5) is 0 Å². The largest absolute Gasteiger partial charge is 0.484 e. The molecular formula is C15H22N2O2. The Morgan fingerprint density at radius 1 is 1.32 bits per heavy atom. The Hall–Kier alpha value is -1.55. The molecule has 0 unspecified atom stereocenters. The maximum atomic E-state index is 12.2. The van der Waals surface area contributed by atoms with Crippen molar-refractivity contribution in [3.8, 4) is 5.75 Å². The number of amides is 1. The molecule has 2 N–H and O–H groups in total. The summed E-state index contributed by atoms with van der Waals surface area (Å²) < 4.78 is 5.53. The average molecular weight is 262 g/mol. The van der Waals surface area contributed by atoms with Crippen LogP contribution < -0.4 is 10.5 Å². The van der Waals surface area contributed by atoms with Crippen LogP contribution in [0, 0.1) is 0 Å². The van der Waals surface area contributed by atoms with Gasteiger partial charge in [-0.2, -0.15) is 0 Å². The van der Waals surface area contributed by atoms with E-state index < -0.39 is 0 Å². The number of para-hydroxylation sites is 1. The molecule has 4 heteroatoms. The van der Waals surface area contributed by atoms with Gasteiger partial charge in [0.1, 0.15) is 5.75 Å². The van der Waals surface area contributed by atoms with Gasteiger partial charge in [0.25, 0.3) is 5.91 Å². The Kier molecular flexibility index (Phi) is 5.21. The fraction of sp³-hybridized carbons (Fsp3) is 0.533. The summed E-state index contributed by atoms with van der Waals surface area (Å²) in [6.45, 7) is 1.49. The lowest BCUT2D eigenvalue weighted by atomic mass is 9.91. The minimum Gasteiger partial charge on any atom is -0.484 e. The summed E-state index contributed by atoms with van der Waals surface area (Å²) in [5.41, 5.74) is 5.53. The Morgan fingerprint density at radius 3 is 2.63 bits per heavy atom. The number of hydrogen-bond donors (Lipinski definition) is 1. The predicted octanol–water partition coefficient (Wildman–Crippen LogP) is 1.80. The lowest BCUT2D eigenvalue weighted by Crippen LogP contribution is -2.47. The number of hydrogen-bond acceptors (Lipinski definition) is 3. The van der Waals surface area contributed by atoms with Crippen LogP contribution in [-0.2, 0) is 4.79 Å². The fourth-order valence-electron chi connectivity index (χ4n) is 2.22. The van der Waals surface area contributed by atoms with E-state index in [0.717, 1.165) is 31.6 Å². The standard InChI is InChI=1S/C15H22N2O2/c16-10-5-11-17(13-6-4-7-13)15(18)12-19-14-8-2-1-3-9-14/h1-3,8-9,13H,4-7,10-12,16H2. The zero-order valence-corrected chi connectivity index (χ0v) is 11.3. The highest BCUT2D eigenvalue weighted by atomic mass is 16.5. The molecule has 19 heavy (non-hydrogen) atoms. The van der Waals surface area contributed by atoms with Crippen LogP contribution in [0.1, 0.15) is 25.7 Å². The lowest BCUT2D eigenvalue weighted by Gasteiger charge is -2.37. The van der Waals surface area contributed by atoms with Crippen LogP contribution >= 0.6 is 0 Å². The monoisotopic (exact) mass is 262 g/mol. The number of carbonyl (C=O) groups excluding carboxylic acids is 1. The summed E-state index contributed by atoms with van der Waals surface area (Å²) in [6, 6.07) is 9.85. The molecule has 1 aromatic carbocycles. The van der Waals surface area contributed by atoms with E-state index in [4.69, 9.17) is 10.5 Å². The molecule has 0 aromatic heterocycles. The van der Waals surface area contributed by atoms with Crippen molar-refractivity contribution in [1.29, 1.82) is 0 Å². The van der Waals surface area contributed by atoms with Crippen molar-refractivity contribution in [2.45, 2.75) is 31.7 Å². The van der Waals surface area contributed by atoms with Gasteiger partial charge < -0.3 is 15.4 Å². The predicted molar refractivity (Wildman–Crippen MR) is 75.0 cm³/mol. The van der Waals surface area contributed by atoms with Gasteiger partial charge in [-0.3, -0.25) is 4.79 Å². The van der Waals surface area contributed by atoms with E-state index in [1.807, 2.05) is 35.2 Å². The topological polar surface area (TPSA) is 55.6 Å². The first-order chi connectivity index (χ1) is 9.31. The Balaban J connectivity index is 1.84. The first-order valence-corrected chi connectivity index (χ1v) is 6.98. The number of rotatable bonds is 7.